The molecular weight excluding hydrogens is 316 g/mol. The van der Waals surface area contributed by atoms with Crippen LogP contribution in [0.3, 0.4) is 0 Å². The Bertz CT molecular complexity index is 467. The van der Waals surface area contributed by atoms with Gasteiger partial charge < -0.3 is 4.90 Å². The maximum absolute atomic E-state index is 13.6. The zero-order valence-corrected chi connectivity index (χ0v) is 12.1. The van der Waals surface area contributed by atoms with Gasteiger partial charge in [0.2, 0.25) is 0 Å². The number of alkyl halides is 1. The molecule has 1 aliphatic rings. The Morgan fingerprint density at radius 2 is 2.21 bits per heavy atom. The third-order valence-corrected chi connectivity index (χ3v) is 4.03. The lowest BCUT2D eigenvalue weighted by Crippen LogP contribution is -2.36. The summed E-state index contributed by atoms with van der Waals surface area (Å²) in [6.07, 6.45) is 3.81. The zero-order chi connectivity index (χ0) is 13.8. The summed E-state index contributed by atoms with van der Waals surface area (Å²) in [6.45, 7) is 0.655. The summed E-state index contributed by atoms with van der Waals surface area (Å²) in [4.78, 5) is 14.0. The van der Waals surface area contributed by atoms with E-state index in [-0.39, 0.29) is 17.5 Å². The van der Waals surface area contributed by atoms with E-state index in [1.165, 1.54) is 6.07 Å². The maximum Gasteiger partial charge on any atom is 0.257 e. The largest absolute Gasteiger partial charge is 0.336 e. The molecule has 1 unspecified atom stereocenters. The molecule has 1 fully saturated rings. The van der Waals surface area contributed by atoms with Crippen molar-refractivity contribution in [3.05, 3.63) is 35.4 Å². The molecule has 0 radical (unpaired) electrons. The topological polar surface area (TPSA) is 20.3 Å². The Morgan fingerprint density at radius 1 is 1.42 bits per heavy atom. The van der Waals surface area contributed by atoms with E-state index in [4.69, 9.17) is 0 Å². The van der Waals surface area contributed by atoms with Crippen molar-refractivity contribution in [1.82, 2.24) is 4.90 Å². The molecule has 1 saturated heterocycles. The number of halogens is 3. The first-order valence-corrected chi connectivity index (χ1v) is 7.57. The van der Waals surface area contributed by atoms with Crippen LogP contribution in [0.1, 0.15) is 36.0 Å². The van der Waals surface area contributed by atoms with E-state index >= 15 is 0 Å². The second-order valence-corrected chi connectivity index (χ2v) is 5.54. The molecule has 1 atom stereocenters. The minimum absolute atomic E-state index is 0.0351. The van der Waals surface area contributed by atoms with Gasteiger partial charge in [0.15, 0.2) is 0 Å². The second-order valence-electron chi connectivity index (χ2n) is 4.75. The minimum Gasteiger partial charge on any atom is -0.336 e. The molecule has 0 aliphatic carbocycles. The highest BCUT2D eigenvalue weighted by Crippen LogP contribution is 2.24. The van der Waals surface area contributed by atoms with E-state index < -0.39 is 11.6 Å². The van der Waals surface area contributed by atoms with Crippen LogP contribution in [-0.4, -0.2) is 28.7 Å². The van der Waals surface area contributed by atoms with Gasteiger partial charge in [-0.25, -0.2) is 8.78 Å². The van der Waals surface area contributed by atoms with E-state index in [1.807, 2.05) is 0 Å². The second kappa shape index (κ2) is 6.46. The highest BCUT2D eigenvalue weighted by atomic mass is 79.9. The van der Waals surface area contributed by atoms with Crippen molar-refractivity contribution >= 4 is 21.8 Å². The van der Waals surface area contributed by atoms with E-state index in [1.54, 1.807) is 4.90 Å². The van der Waals surface area contributed by atoms with E-state index in [0.29, 0.717) is 6.54 Å². The first kappa shape index (κ1) is 14.4. The average Bonchev–Trinajstić information content (AvgIpc) is 2.83. The van der Waals surface area contributed by atoms with Gasteiger partial charge in [-0.1, -0.05) is 15.9 Å². The van der Waals surface area contributed by atoms with Crippen molar-refractivity contribution < 1.29 is 13.6 Å². The molecule has 1 aliphatic heterocycles. The number of hydrogen-bond donors (Lipinski definition) is 0. The van der Waals surface area contributed by atoms with Gasteiger partial charge >= 0.3 is 0 Å². The minimum atomic E-state index is -0.781. The monoisotopic (exact) mass is 331 g/mol. The number of nitrogens with zero attached hydrogens (tertiary/aromatic N) is 1. The van der Waals surface area contributed by atoms with Gasteiger partial charge in [-0.05, 0) is 37.8 Å². The fourth-order valence-electron chi connectivity index (χ4n) is 2.53. The van der Waals surface area contributed by atoms with Crippen LogP contribution in [0.15, 0.2) is 18.2 Å². The van der Waals surface area contributed by atoms with Crippen molar-refractivity contribution in [3.8, 4) is 0 Å². The number of likely N-dealkylation sites (tertiary alicyclic amines) is 1. The van der Waals surface area contributed by atoms with Gasteiger partial charge in [0.05, 0.1) is 5.56 Å². The van der Waals surface area contributed by atoms with Crippen molar-refractivity contribution in [2.24, 2.45) is 0 Å². The normalized spacial score (nSPS) is 18.9. The summed E-state index contributed by atoms with van der Waals surface area (Å²) < 4.78 is 26.5. The van der Waals surface area contributed by atoms with Crippen molar-refractivity contribution in [2.75, 3.05) is 11.9 Å². The van der Waals surface area contributed by atoms with Gasteiger partial charge in [0.1, 0.15) is 11.6 Å². The van der Waals surface area contributed by atoms with Crippen molar-refractivity contribution in [3.63, 3.8) is 0 Å². The van der Waals surface area contributed by atoms with Crippen molar-refractivity contribution in [2.45, 2.75) is 31.7 Å². The fraction of sp³-hybridized carbons (Fsp3) is 0.500. The molecule has 19 heavy (non-hydrogen) atoms. The van der Waals surface area contributed by atoms with Gasteiger partial charge in [-0.15, -0.1) is 0 Å². The Balaban J connectivity index is 2.13. The molecule has 1 aromatic carbocycles. The third kappa shape index (κ3) is 3.32. The lowest BCUT2D eigenvalue weighted by Gasteiger charge is -2.24. The molecule has 104 valence electrons. The number of carbonyl (C=O) groups excluding carboxylic acids is 1. The lowest BCUT2D eigenvalue weighted by molar-refractivity contribution is 0.0725. The van der Waals surface area contributed by atoms with E-state index in [9.17, 15) is 13.6 Å². The molecule has 0 bridgehead atoms. The van der Waals surface area contributed by atoms with Crippen LogP contribution in [0.5, 0.6) is 0 Å². The summed E-state index contributed by atoms with van der Waals surface area (Å²) in [5, 5.41) is 0.899. The first-order valence-electron chi connectivity index (χ1n) is 6.45. The van der Waals surface area contributed by atoms with Crippen molar-refractivity contribution in [1.29, 1.82) is 0 Å². The van der Waals surface area contributed by atoms with E-state index in [0.717, 1.165) is 43.1 Å². The summed E-state index contributed by atoms with van der Waals surface area (Å²) in [5.41, 5.74) is -0.0351. The van der Waals surface area contributed by atoms with Crippen LogP contribution in [0, 0.1) is 11.6 Å². The SMILES string of the molecule is O=C(c1ccc(F)cc1F)N1CCCC1CCCBr. The molecule has 2 rings (SSSR count). The number of hydrogen-bond acceptors (Lipinski definition) is 1. The summed E-state index contributed by atoms with van der Waals surface area (Å²) >= 11 is 3.37. The summed E-state index contributed by atoms with van der Waals surface area (Å²) in [7, 11) is 0. The highest BCUT2D eigenvalue weighted by Gasteiger charge is 2.30. The molecule has 1 heterocycles. The van der Waals surface area contributed by atoms with Crippen LogP contribution in [-0.2, 0) is 0 Å². The first-order chi connectivity index (χ1) is 9.13. The smallest absolute Gasteiger partial charge is 0.257 e. The van der Waals surface area contributed by atoms with Crippen LogP contribution in [0.25, 0.3) is 0 Å². The molecule has 1 amide bonds. The molecule has 0 N–H and O–H groups in total. The van der Waals surface area contributed by atoms with Crippen LogP contribution < -0.4 is 0 Å². The molecule has 5 heteroatoms. The fourth-order valence-corrected chi connectivity index (χ4v) is 2.86. The van der Waals surface area contributed by atoms with Crippen LogP contribution in [0.2, 0.25) is 0 Å². The summed E-state index contributed by atoms with van der Waals surface area (Å²) in [6, 6.07) is 3.29. The van der Waals surface area contributed by atoms with Crippen LogP contribution in [0.4, 0.5) is 8.78 Å². The standard InChI is InChI=1S/C14H16BrF2NO/c15-7-1-3-11-4-2-8-18(11)14(19)12-6-5-10(16)9-13(12)17/h5-6,9,11H,1-4,7-8H2. The number of rotatable bonds is 4. The number of benzene rings is 1. The number of amides is 1. The van der Waals surface area contributed by atoms with Crippen LogP contribution >= 0.6 is 15.9 Å². The Morgan fingerprint density at radius 3 is 2.89 bits per heavy atom. The zero-order valence-electron chi connectivity index (χ0n) is 10.5. The van der Waals surface area contributed by atoms with E-state index in [2.05, 4.69) is 15.9 Å². The summed E-state index contributed by atoms with van der Waals surface area (Å²) in [5.74, 6) is -1.77. The molecule has 1 aromatic rings. The average molecular weight is 332 g/mol. The predicted molar refractivity (Wildman–Crippen MR) is 73.4 cm³/mol. The Labute approximate surface area is 119 Å². The lowest BCUT2D eigenvalue weighted by atomic mass is 10.1. The molecule has 0 saturated carbocycles. The van der Waals surface area contributed by atoms with Gasteiger partial charge in [-0.2, -0.15) is 0 Å². The van der Waals surface area contributed by atoms with Gasteiger partial charge in [0.25, 0.3) is 5.91 Å². The predicted octanol–water partition coefficient (Wildman–Crippen LogP) is 3.74. The molecule has 0 aromatic heterocycles. The van der Waals surface area contributed by atoms with Gasteiger partial charge in [-0.3, -0.25) is 4.79 Å². The van der Waals surface area contributed by atoms with Gasteiger partial charge in [0, 0.05) is 24.0 Å². The molecular formula is C14H16BrF2NO. The maximum atomic E-state index is 13.6. The third-order valence-electron chi connectivity index (χ3n) is 3.47. The Hall–Kier alpha value is -0.970. The number of carbonyl (C=O) groups is 1. The molecule has 0 spiro atoms. The quantitative estimate of drug-likeness (QED) is 0.769. The molecule has 2 nitrogen and oxygen atoms in total. The Kier molecular flexibility index (Phi) is 4.91. The highest BCUT2D eigenvalue weighted by molar-refractivity contribution is 9.09.